The molecule has 0 spiro atoms. The van der Waals surface area contributed by atoms with E-state index in [1.807, 2.05) is 0 Å². The maximum absolute atomic E-state index is 10.1. The van der Waals surface area contributed by atoms with Gasteiger partial charge in [0.15, 0.2) is 5.82 Å². The van der Waals surface area contributed by atoms with Crippen LogP contribution in [0.5, 0.6) is 6.08 Å². The molecule has 66 valence electrons. The molecule has 0 aliphatic heterocycles. The molecule has 1 N–H and O–H groups in total. The predicted molar refractivity (Wildman–Crippen MR) is 36.8 cm³/mol. The molecule has 0 atom stereocenters. The van der Waals surface area contributed by atoms with E-state index < -0.39 is 5.97 Å². The monoisotopic (exact) mass is 172 g/mol. The zero-order chi connectivity index (χ0) is 8.97. The second kappa shape index (κ2) is 3.70. The lowest BCUT2D eigenvalue weighted by Gasteiger charge is -1.86. The number of rotatable bonds is 4. The second-order valence-corrected chi connectivity index (χ2v) is 2.07. The summed E-state index contributed by atoms with van der Waals surface area (Å²) in [6.45, 7) is 0. The first-order chi connectivity index (χ1) is 5.72. The Morgan fingerprint density at radius 1 is 1.75 bits per heavy atom. The van der Waals surface area contributed by atoms with Gasteiger partial charge in [-0.05, 0) is 0 Å². The summed E-state index contributed by atoms with van der Waals surface area (Å²) in [6, 6.07) is 0. The Morgan fingerprint density at radius 3 is 3.00 bits per heavy atom. The average molecular weight is 172 g/mol. The van der Waals surface area contributed by atoms with Gasteiger partial charge >= 0.3 is 12.0 Å². The first-order valence-corrected chi connectivity index (χ1v) is 3.30. The molecule has 12 heavy (non-hydrogen) atoms. The predicted octanol–water partition coefficient (Wildman–Crippen LogP) is 0.0954. The summed E-state index contributed by atoms with van der Waals surface area (Å²) in [6.07, 6.45) is 0.292. The van der Waals surface area contributed by atoms with E-state index >= 15 is 0 Å². The van der Waals surface area contributed by atoms with Gasteiger partial charge in [0.25, 0.3) is 0 Å². The maximum Gasteiger partial charge on any atom is 0.417 e. The summed E-state index contributed by atoms with van der Waals surface area (Å²) in [5.41, 5.74) is 0. The lowest BCUT2D eigenvalue weighted by Crippen LogP contribution is -1.98. The van der Waals surface area contributed by atoms with E-state index in [0.717, 1.165) is 0 Å². The van der Waals surface area contributed by atoms with Crippen molar-refractivity contribution in [2.75, 3.05) is 7.11 Å². The number of aliphatic carboxylic acids is 1. The number of carboxylic acid groups (broad SMARTS) is 1. The van der Waals surface area contributed by atoms with E-state index in [-0.39, 0.29) is 18.9 Å². The van der Waals surface area contributed by atoms with E-state index in [1.165, 1.54) is 7.11 Å². The minimum Gasteiger partial charge on any atom is -0.481 e. The molecule has 1 rings (SSSR count). The molecule has 0 radical (unpaired) electrons. The molecule has 6 heteroatoms. The van der Waals surface area contributed by atoms with E-state index in [1.54, 1.807) is 0 Å². The van der Waals surface area contributed by atoms with Gasteiger partial charge < -0.3 is 9.84 Å². The molecule has 0 saturated heterocycles. The first kappa shape index (κ1) is 8.51. The Labute approximate surface area is 68.1 Å². The fourth-order valence-electron chi connectivity index (χ4n) is 0.641. The van der Waals surface area contributed by atoms with Crippen molar-refractivity contribution < 1.29 is 19.2 Å². The molecule has 0 aromatic carbocycles. The SMILES string of the molecule is COc1nc(CCC(=O)O)no1. The number of aromatic nitrogens is 2. The molecular formula is C6H8N2O4. The summed E-state index contributed by atoms with van der Waals surface area (Å²) in [7, 11) is 1.40. The van der Waals surface area contributed by atoms with Gasteiger partial charge in [-0.3, -0.25) is 9.32 Å². The number of hydrogen-bond donors (Lipinski definition) is 1. The molecule has 0 saturated carbocycles. The highest BCUT2D eigenvalue weighted by molar-refractivity contribution is 5.66. The van der Waals surface area contributed by atoms with E-state index in [0.29, 0.717) is 5.82 Å². The Bertz CT molecular complexity index is 270. The number of nitrogens with zero attached hydrogens (tertiary/aromatic N) is 2. The number of carboxylic acids is 1. The number of hydrogen-bond acceptors (Lipinski definition) is 5. The average Bonchev–Trinajstić information content (AvgIpc) is 2.48. The number of ether oxygens (including phenoxy) is 1. The minimum absolute atomic E-state index is 0.0112. The van der Waals surface area contributed by atoms with Crippen molar-refractivity contribution in [2.45, 2.75) is 12.8 Å². The van der Waals surface area contributed by atoms with Crippen LogP contribution < -0.4 is 4.74 Å². The van der Waals surface area contributed by atoms with Crippen LogP contribution in [0.15, 0.2) is 4.52 Å². The number of aryl methyl sites for hydroxylation is 1. The van der Waals surface area contributed by atoms with E-state index in [4.69, 9.17) is 5.11 Å². The lowest BCUT2D eigenvalue weighted by atomic mass is 10.3. The third-order valence-corrected chi connectivity index (χ3v) is 1.19. The van der Waals surface area contributed by atoms with Gasteiger partial charge in [-0.15, -0.1) is 0 Å². The highest BCUT2D eigenvalue weighted by Gasteiger charge is 2.07. The summed E-state index contributed by atoms with van der Waals surface area (Å²) < 4.78 is 9.18. The highest BCUT2D eigenvalue weighted by Crippen LogP contribution is 2.06. The second-order valence-electron chi connectivity index (χ2n) is 2.07. The topological polar surface area (TPSA) is 85.5 Å². The van der Waals surface area contributed by atoms with Crippen molar-refractivity contribution in [3.8, 4) is 6.08 Å². The Kier molecular flexibility index (Phi) is 2.62. The van der Waals surface area contributed by atoms with Crippen LogP contribution >= 0.6 is 0 Å². The van der Waals surface area contributed by atoms with Crippen LogP contribution in [0.3, 0.4) is 0 Å². The molecule has 6 nitrogen and oxygen atoms in total. The van der Waals surface area contributed by atoms with Crippen LogP contribution in [-0.4, -0.2) is 28.3 Å². The van der Waals surface area contributed by atoms with Crippen LogP contribution in [0, 0.1) is 0 Å². The van der Waals surface area contributed by atoms with Gasteiger partial charge in [-0.25, -0.2) is 0 Å². The van der Waals surface area contributed by atoms with Crippen LogP contribution in [0.1, 0.15) is 12.2 Å². The van der Waals surface area contributed by atoms with Crippen molar-refractivity contribution in [3.05, 3.63) is 5.82 Å². The van der Waals surface area contributed by atoms with Crippen molar-refractivity contribution in [2.24, 2.45) is 0 Å². The van der Waals surface area contributed by atoms with Crippen molar-refractivity contribution in [1.82, 2.24) is 10.1 Å². The van der Waals surface area contributed by atoms with E-state index in [9.17, 15) is 4.79 Å². The number of methoxy groups -OCH3 is 1. The maximum atomic E-state index is 10.1. The van der Waals surface area contributed by atoms with Gasteiger partial charge in [0.2, 0.25) is 0 Å². The molecule has 0 bridgehead atoms. The molecule has 0 unspecified atom stereocenters. The third kappa shape index (κ3) is 2.22. The van der Waals surface area contributed by atoms with Crippen molar-refractivity contribution in [1.29, 1.82) is 0 Å². The van der Waals surface area contributed by atoms with Crippen molar-refractivity contribution in [3.63, 3.8) is 0 Å². The summed E-state index contributed by atoms with van der Waals surface area (Å²) >= 11 is 0. The Morgan fingerprint density at radius 2 is 2.50 bits per heavy atom. The smallest absolute Gasteiger partial charge is 0.417 e. The van der Waals surface area contributed by atoms with Gasteiger partial charge in [0.05, 0.1) is 13.5 Å². The van der Waals surface area contributed by atoms with Gasteiger partial charge in [0, 0.05) is 6.42 Å². The summed E-state index contributed by atoms with van der Waals surface area (Å²) in [4.78, 5) is 13.9. The normalized spacial score (nSPS) is 9.75. The molecular weight excluding hydrogens is 164 g/mol. The third-order valence-electron chi connectivity index (χ3n) is 1.19. The molecule has 1 aromatic rings. The molecule has 0 aliphatic rings. The first-order valence-electron chi connectivity index (χ1n) is 3.30. The zero-order valence-electron chi connectivity index (χ0n) is 6.48. The van der Waals surface area contributed by atoms with Gasteiger partial charge in [-0.2, -0.15) is 4.98 Å². The van der Waals surface area contributed by atoms with Gasteiger partial charge in [0.1, 0.15) is 0 Å². The van der Waals surface area contributed by atoms with Crippen LogP contribution in [-0.2, 0) is 11.2 Å². The molecule has 1 aromatic heterocycles. The van der Waals surface area contributed by atoms with Crippen molar-refractivity contribution >= 4 is 5.97 Å². The molecule has 0 aliphatic carbocycles. The summed E-state index contributed by atoms with van der Waals surface area (Å²) in [5, 5.41) is 11.8. The summed E-state index contributed by atoms with van der Waals surface area (Å²) in [5.74, 6) is -0.548. The van der Waals surface area contributed by atoms with Crippen LogP contribution in [0.2, 0.25) is 0 Å². The van der Waals surface area contributed by atoms with E-state index in [2.05, 4.69) is 19.4 Å². The standard InChI is InChI=1S/C6H8N2O4/c1-11-6-7-4(8-12-6)2-3-5(9)10/h2-3H2,1H3,(H,9,10). The Hall–Kier alpha value is -1.59. The molecule has 1 heterocycles. The lowest BCUT2D eigenvalue weighted by molar-refractivity contribution is -0.137. The van der Waals surface area contributed by atoms with Crippen LogP contribution in [0.25, 0.3) is 0 Å². The minimum atomic E-state index is -0.890. The fourth-order valence-corrected chi connectivity index (χ4v) is 0.641. The zero-order valence-corrected chi connectivity index (χ0v) is 6.48. The largest absolute Gasteiger partial charge is 0.481 e. The highest BCUT2D eigenvalue weighted by atomic mass is 16.6. The van der Waals surface area contributed by atoms with Gasteiger partial charge in [-0.1, -0.05) is 5.16 Å². The molecule has 0 fully saturated rings. The molecule has 0 amide bonds. The fraction of sp³-hybridized carbons (Fsp3) is 0.500. The Balaban J connectivity index is 2.47. The van der Waals surface area contributed by atoms with Crippen LogP contribution in [0.4, 0.5) is 0 Å². The quantitative estimate of drug-likeness (QED) is 0.692. The number of carbonyl (C=O) groups is 1.